The standard InChI is InChI=1S/C12H11BrN2O2S/c1-14-12-15(2)11(17)10(18-12)6-7-5-8(13)3-4-9(7)16/h3-6,16H,1-2H3/b10-6-,14-12?. The third-order valence-electron chi connectivity index (χ3n) is 2.47. The average Bonchev–Trinajstić information content (AvgIpc) is 2.62. The van der Waals surface area contributed by atoms with Crippen molar-refractivity contribution in [3.05, 3.63) is 33.1 Å². The van der Waals surface area contributed by atoms with Gasteiger partial charge in [-0.1, -0.05) is 15.9 Å². The summed E-state index contributed by atoms with van der Waals surface area (Å²) >= 11 is 4.63. The van der Waals surface area contributed by atoms with E-state index in [4.69, 9.17) is 0 Å². The van der Waals surface area contributed by atoms with E-state index in [0.717, 1.165) is 4.47 Å². The number of aliphatic imine (C=N–C) groups is 1. The van der Waals surface area contributed by atoms with Gasteiger partial charge in [0.25, 0.3) is 5.91 Å². The molecular formula is C12H11BrN2O2S. The molecule has 1 fully saturated rings. The van der Waals surface area contributed by atoms with E-state index in [0.29, 0.717) is 15.6 Å². The zero-order chi connectivity index (χ0) is 13.3. The summed E-state index contributed by atoms with van der Waals surface area (Å²) in [6.07, 6.45) is 1.67. The van der Waals surface area contributed by atoms with Crippen molar-refractivity contribution in [1.82, 2.24) is 4.90 Å². The molecule has 1 N–H and O–H groups in total. The molecule has 0 aliphatic carbocycles. The van der Waals surface area contributed by atoms with Crippen molar-refractivity contribution in [3.63, 3.8) is 0 Å². The number of hydrogen-bond donors (Lipinski definition) is 1. The number of rotatable bonds is 1. The lowest BCUT2D eigenvalue weighted by atomic mass is 10.2. The van der Waals surface area contributed by atoms with Gasteiger partial charge < -0.3 is 5.11 Å². The lowest BCUT2D eigenvalue weighted by Crippen LogP contribution is -2.23. The number of phenolic OH excluding ortho intramolecular Hbond substituents is 1. The van der Waals surface area contributed by atoms with Gasteiger partial charge in [-0.25, -0.2) is 0 Å². The second-order valence-electron chi connectivity index (χ2n) is 3.68. The number of benzene rings is 1. The summed E-state index contributed by atoms with van der Waals surface area (Å²) in [5.74, 6) is 0.0311. The van der Waals surface area contributed by atoms with Gasteiger partial charge in [0.2, 0.25) is 0 Å². The summed E-state index contributed by atoms with van der Waals surface area (Å²) in [6, 6.07) is 5.09. The molecule has 0 unspecified atom stereocenters. The van der Waals surface area contributed by atoms with Crippen LogP contribution in [0.4, 0.5) is 0 Å². The van der Waals surface area contributed by atoms with Crippen molar-refractivity contribution < 1.29 is 9.90 Å². The van der Waals surface area contributed by atoms with E-state index in [1.54, 1.807) is 38.4 Å². The third kappa shape index (κ3) is 2.44. The lowest BCUT2D eigenvalue weighted by molar-refractivity contribution is -0.121. The highest BCUT2D eigenvalue weighted by molar-refractivity contribution is 9.10. The van der Waals surface area contributed by atoms with E-state index >= 15 is 0 Å². The molecule has 4 nitrogen and oxygen atoms in total. The monoisotopic (exact) mass is 326 g/mol. The summed E-state index contributed by atoms with van der Waals surface area (Å²) in [7, 11) is 3.32. The molecule has 0 bridgehead atoms. The predicted octanol–water partition coefficient (Wildman–Crippen LogP) is 2.69. The van der Waals surface area contributed by atoms with Crippen LogP contribution in [0.2, 0.25) is 0 Å². The SMILES string of the molecule is CN=C1S/C(=C\c2cc(Br)ccc2O)C(=O)N1C. The number of thioether (sulfide) groups is 1. The third-order valence-corrected chi connectivity index (χ3v) is 4.12. The molecule has 2 rings (SSSR count). The molecule has 0 spiro atoms. The summed E-state index contributed by atoms with van der Waals surface area (Å²) in [4.78, 5) is 18.0. The Hall–Kier alpha value is -1.27. The number of amides is 1. The summed E-state index contributed by atoms with van der Waals surface area (Å²) in [5, 5.41) is 10.4. The van der Waals surface area contributed by atoms with Crippen LogP contribution in [0.15, 0.2) is 32.6 Å². The van der Waals surface area contributed by atoms with E-state index in [1.165, 1.54) is 16.7 Å². The second-order valence-corrected chi connectivity index (χ2v) is 5.61. The van der Waals surface area contributed by atoms with Crippen LogP contribution in [-0.2, 0) is 4.79 Å². The minimum atomic E-state index is -0.111. The van der Waals surface area contributed by atoms with Gasteiger partial charge in [-0.2, -0.15) is 0 Å². The van der Waals surface area contributed by atoms with Crippen LogP contribution < -0.4 is 0 Å². The Labute approximate surface area is 118 Å². The van der Waals surface area contributed by atoms with Crippen LogP contribution in [-0.4, -0.2) is 35.2 Å². The first-order valence-electron chi connectivity index (χ1n) is 5.16. The van der Waals surface area contributed by atoms with Gasteiger partial charge in [-0.3, -0.25) is 14.7 Å². The topological polar surface area (TPSA) is 52.9 Å². The highest BCUT2D eigenvalue weighted by atomic mass is 79.9. The quantitative estimate of drug-likeness (QED) is 0.807. The summed E-state index contributed by atoms with van der Waals surface area (Å²) < 4.78 is 0.848. The molecule has 1 aliphatic heterocycles. The molecule has 0 radical (unpaired) electrons. The van der Waals surface area contributed by atoms with Crippen molar-refractivity contribution >= 4 is 44.8 Å². The number of carbonyl (C=O) groups is 1. The van der Waals surface area contributed by atoms with E-state index in [2.05, 4.69) is 20.9 Å². The smallest absolute Gasteiger partial charge is 0.266 e. The number of hydrogen-bond acceptors (Lipinski definition) is 4. The number of aromatic hydroxyl groups is 1. The molecule has 0 saturated carbocycles. The minimum Gasteiger partial charge on any atom is -0.507 e. The van der Waals surface area contributed by atoms with Crippen LogP contribution in [0.25, 0.3) is 6.08 Å². The lowest BCUT2D eigenvalue weighted by Gasteiger charge is -2.05. The molecule has 1 aromatic rings. The fourth-order valence-electron chi connectivity index (χ4n) is 1.53. The summed E-state index contributed by atoms with van der Waals surface area (Å²) in [6.45, 7) is 0. The first-order valence-corrected chi connectivity index (χ1v) is 6.77. The zero-order valence-electron chi connectivity index (χ0n) is 9.85. The Balaban J connectivity index is 2.40. The predicted molar refractivity (Wildman–Crippen MR) is 77.5 cm³/mol. The highest BCUT2D eigenvalue weighted by Gasteiger charge is 2.29. The fourth-order valence-corrected chi connectivity index (χ4v) is 2.83. The molecule has 1 aliphatic rings. The molecular weight excluding hydrogens is 316 g/mol. The molecule has 0 aromatic heterocycles. The minimum absolute atomic E-state index is 0.111. The van der Waals surface area contributed by atoms with Crippen molar-refractivity contribution in [3.8, 4) is 5.75 Å². The van der Waals surface area contributed by atoms with Crippen LogP contribution in [0.1, 0.15) is 5.56 Å². The number of likely N-dealkylation sites (N-methyl/N-ethyl adjacent to an activating group) is 1. The van der Waals surface area contributed by atoms with Crippen LogP contribution >= 0.6 is 27.7 Å². The van der Waals surface area contributed by atoms with Crippen molar-refractivity contribution in [2.75, 3.05) is 14.1 Å². The van der Waals surface area contributed by atoms with E-state index in [1.807, 2.05) is 0 Å². The molecule has 0 atom stereocenters. The zero-order valence-corrected chi connectivity index (χ0v) is 12.2. The Morgan fingerprint density at radius 1 is 1.50 bits per heavy atom. The molecule has 94 valence electrons. The van der Waals surface area contributed by atoms with Gasteiger partial charge in [0, 0.05) is 24.1 Å². The number of amidine groups is 1. The normalized spacial score (nSPS) is 20.2. The Kier molecular flexibility index (Phi) is 3.77. The van der Waals surface area contributed by atoms with Crippen molar-refractivity contribution in [2.24, 2.45) is 4.99 Å². The molecule has 1 heterocycles. The average molecular weight is 327 g/mol. The number of carbonyl (C=O) groups excluding carboxylic acids is 1. The van der Waals surface area contributed by atoms with Gasteiger partial charge in [-0.05, 0) is 36.0 Å². The molecule has 1 aromatic carbocycles. The van der Waals surface area contributed by atoms with Gasteiger partial charge in [0.1, 0.15) is 5.75 Å². The van der Waals surface area contributed by atoms with Crippen LogP contribution in [0.5, 0.6) is 5.75 Å². The van der Waals surface area contributed by atoms with Crippen molar-refractivity contribution in [1.29, 1.82) is 0 Å². The van der Waals surface area contributed by atoms with Crippen molar-refractivity contribution in [2.45, 2.75) is 0 Å². The van der Waals surface area contributed by atoms with E-state index in [-0.39, 0.29) is 11.7 Å². The van der Waals surface area contributed by atoms with Gasteiger partial charge in [-0.15, -0.1) is 0 Å². The first-order chi connectivity index (χ1) is 8.52. The number of phenols is 1. The Morgan fingerprint density at radius 3 is 2.83 bits per heavy atom. The first kappa shape index (κ1) is 13.2. The van der Waals surface area contributed by atoms with Gasteiger partial charge in [0.05, 0.1) is 4.91 Å². The molecule has 1 saturated heterocycles. The molecule has 18 heavy (non-hydrogen) atoms. The van der Waals surface area contributed by atoms with Crippen LogP contribution in [0.3, 0.4) is 0 Å². The maximum Gasteiger partial charge on any atom is 0.266 e. The van der Waals surface area contributed by atoms with Gasteiger partial charge >= 0.3 is 0 Å². The van der Waals surface area contributed by atoms with Crippen LogP contribution in [0, 0.1) is 0 Å². The number of halogens is 1. The second kappa shape index (κ2) is 5.16. The Morgan fingerprint density at radius 2 is 2.22 bits per heavy atom. The largest absolute Gasteiger partial charge is 0.507 e. The van der Waals surface area contributed by atoms with Gasteiger partial charge in [0.15, 0.2) is 5.17 Å². The highest BCUT2D eigenvalue weighted by Crippen LogP contribution is 2.33. The van der Waals surface area contributed by atoms with E-state index < -0.39 is 0 Å². The van der Waals surface area contributed by atoms with E-state index in [9.17, 15) is 9.90 Å². The Bertz CT molecular complexity index is 569. The molecule has 6 heteroatoms. The maximum absolute atomic E-state index is 11.9. The fraction of sp³-hybridized carbons (Fsp3) is 0.167. The summed E-state index contributed by atoms with van der Waals surface area (Å²) in [5.41, 5.74) is 0.603. The maximum atomic E-state index is 11.9. The number of nitrogens with zero attached hydrogens (tertiary/aromatic N) is 2. The molecule has 1 amide bonds.